The summed E-state index contributed by atoms with van der Waals surface area (Å²) in [6.45, 7) is 1.21. The molecule has 3 rings (SSSR count). The molecular formula is C20H18N2O5S. The Kier molecular flexibility index (Phi) is 5.41. The van der Waals surface area contributed by atoms with Gasteiger partial charge in [0.05, 0.1) is 21.7 Å². The number of hydrogen-bond acceptors (Lipinski definition) is 6. The first-order valence-electron chi connectivity index (χ1n) is 8.38. The molecule has 0 saturated heterocycles. The van der Waals surface area contributed by atoms with Crippen LogP contribution >= 0.6 is 0 Å². The predicted molar refractivity (Wildman–Crippen MR) is 105 cm³/mol. The summed E-state index contributed by atoms with van der Waals surface area (Å²) in [5.74, 6) is -1.30. The fourth-order valence-electron chi connectivity index (χ4n) is 2.77. The Morgan fingerprint density at radius 1 is 1.07 bits per heavy atom. The normalized spacial score (nSPS) is 11.2. The van der Waals surface area contributed by atoms with Crippen molar-refractivity contribution in [3.05, 3.63) is 65.9 Å². The van der Waals surface area contributed by atoms with E-state index in [9.17, 15) is 18.0 Å². The molecular weight excluding hydrogens is 380 g/mol. The van der Waals surface area contributed by atoms with Crippen molar-refractivity contribution in [3.63, 3.8) is 0 Å². The average molecular weight is 398 g/mol. The maximum atomic E-state index is 12.5. The molecule has 0 unspecified atom stereocenters. The highest BCUT2D eigenvalue weighted by Crippen LogP contribution is 2.21. The van der Waals surface area contributed by atoms with Gasteiger partial charge in [-0.15, -0.1) is 0 Å². The third-order valence-corrected chi connectivity index (χ3v) is 5.11. The number of nitrogens with zero attached hydrogens (tertiary/aromatic N) is 1. The number of ether oxygens (including phenoxy) is 1. The average Bonchev–Trinajstić information content (AvgIpc) is 2.65. The second kappa shape index (κ2) is 7.77. The van der Waals surface area contributed by atoms with Crippen molar-refractivity contribution in [2.24, 2.45) is 0 Å². The van der Waals surface area contributed by atoms with Gasteiger partial charge >= 0.3 is 5.97 Å². The van der Waals surface area contributed by atoms with Gasteiger partial charge in [0.2, 0.25) is 0 Å². The Labute approximate surface area is 162 Å². The third kappa shape index (κ3) is 4.34. The lowest BCUT2D eigenvalue weighted by Gasteiger charge is -2.11. The van der Waals surface area contributed by atoms with Gasteiger partial charge in [-0.05, 0) is 31.2 Å². The van der Waals surface area contributed by atoms with Gasteiger partial charge in [0.25, 0.3) is 5.91 Å². The fraction of sp³-hybridized carbons (Fsp3) is 0.150. The van der Waals surface area contributed by atoms with Gasteiger partial charge in [0.15, 0.2) is 16.4 Å². The minimum atomic E-state index is -3.51. The number of amides is 1. The van der Waals surface area contributed by atoms with E-state index in [1.807, 2.05) is 6.07 Å². The Morgan fingerprint density at radius 2 is 1.75 bits per heavy atom. The number of fused-ring (bicyclic) bond motifs is 1. The molecule has 0 spiro atoms. The van der Waals surface area contributed by atoms with Crippen molar-refractivity contribution in [2.75, 3.05) is 18.2 Å². The molecule has 144 valence electrons. The van der Waals surface area contributed by atoms with Crippen LogP contribution in [0.4, 0.5) is 5.69 Å². The van der Waals surface area contributed by atoms with E-state index in [0.717, 1.165) is 6.26 Å². The Morgan fingerprint density at radius 3 is 2.50 bits per heavy atom. The quantitative estimate of drug-likeness (QED) is 0.663. The van der Waals surface area contributed by atoms with Crippen LogP contribution in [-0.2, 0) is 19.4 Å². The van der Waals surface area contributed by atoms with Gasteiger partial charge < -0.3 is 10.1 Å². The van der Waals surface area contributed by atoms with E-state index in [1.165, 1.54) is 12.1 Å². The minimum absolute atomic E-state index is 0.00886. The number of aryl methyl sites for hydroxylation is 1. The number of rotatable bonds is 5. The molecule has 0 aliphatic carbocycles. The van der Waals surface area contributed by atoms with Crippen LogP contribution in [0.1, 0.15) is 16.1 Å². The topological polar surface area (TPSA) is 102 Å². The number of esters is 1. The molecule has 0 bridgehead atoms. The lowest BCUT2D eigenvalue weighted by molar-refractivity contribution is -0.119. The van der Waals surface area contributed by atoms with E-state index in [-0.39, 0.29) is 10.6 Å². The molecule has 8 heteroatoms. The molecule has 1 amide bonds. The highest BCUT2D eigenvalue weighted by atomic mass is 32.2. The number of nitrogens with one attached hydrogen (secondary N) is 1. The molecule has 0 radical (unpaired) electrons. The lowest BCUT2D eigenvalue weighted by Crippen LogP contribution is -2.22. The summed E-state index contributed by atoms with van der Waals surface area (Å²) in [7, 11) is -3.51. The second-order valence-corrected chi connectivity index (χ2v) is 8.21. The number of pyridine rings is 1. The van der Waals surface area contributed by atoms with Crippen molar-refractivity contribution in [1.82, 2.24) is 4.98 Å². The van der Waals surface area contributed by atoms with Crippen molar-refractivity contribution >= 4 is 38.3 Å². The van der Waals surface area contributed by atoms with Crippen LogP contribution in [0.15, 0.2) is 59.5 Å². The van der Waals surface area contributed by atoms with Crippen LogP contribution in [0.2, 0.25) is 0 Å². The molecule has 3 aromatic rings. The third-order valence-electron chi connectivity index (χ3n) is 3.96. The zero-order valence-electron chi connectivity index (χ0n) is 15.3. The summed E-state index contributed by atoms with van der Waals surface area (Å²) < 4.78 is 28.7. The SMILES string of the molecule is Cc1cc(C(=O)OCC(=O)Nc2ccccc2S(C)(=O)=O)c2ccccc2n1. The maximum Gasteiger partial charge on any atom is 0.339 e. The number of sulfone groups is 1. The number of hydrogen-bond donors (Lipinski definition) is 1. The number of carbonyl (C=O) groups is 2. The predicted octanol–water partition coefficient (Wildman–Crippen LogP) is 2.74. The number of aromatic nitrogens is 1. The van der Waals surface area contributed by atoms with E-state index >= 15 is 0 Å². The molecule has 0 aliphatic heterocycles. The highest BCUT2D eigenvalue weighted by Gasteiger charge is 2.17. The summed E-state index contributed by atoms with van der Waals surface area (Å²) in [4.78, 5) is 29.0. The Hall–Kier alpha value is -3.26. The van der Waals surface area contributed by atoms with Crippen molar-refractivity contribution in [3.8, 4) is 0 Å². The lowest BCUT2D eigenvalue weighted by atomic mass is 10.1. The molecule has 2 aromatic carbocycles. The summed E-state index contributed by atoms with van der Waals surface area (Å²) in [6.07, 6.45) is 1.05. The van der Waals surface area contributed by atoms with E-state index in [0.29, 0.717) is 22.2 Å². The van der Waals surface area contributed by atoms with Crippen LogP contribution in [0.5, 0.6) is 0 Å². The zero-order valence-corrected chi connectivity index (χ0v) is 16.1. The van der Waals surface area contributed by atoms with Gasteiger partial charge in [0.1, 0.15) is 0 Å². The second-order valence-electron chi connectivity index (χ2n) is 6.22. The first-order chi connectivity index (χ1) is 13.3. The number of carbonyl (C=O) groups excluding carboxylic acids is 2. The maximum absolute atomic E-state index is 12.5. The zero-order chi connectivity index (χ0) is 20.3. The van der Waals surface area contributed by atoms with E-state index < -0.39 is 28.3 Å². The molecule has 1 N–H and O–H groups in total. The molecule has 0 saturated carbocycles. The van der Waals surface area contributed by atoms with E-state index in [4.69, 9.17) is 4.74 Å². The highest BCUT2D eigenvalue weighted by molar-refractivity contribution is 7.90. The van der Waals surface area contributed by atoms with Gasteiger partial charge in [-0.1, -0.05) is 30.3 Å². The number of benzene rings is 2. The van der Waals surface area contributed by atoms with E-state index in [2.05, 4.69) is 10.3 Å². The minimum Gasteiger partial charge on any atom is -0.452 e. The summed E-state index contributed by atoms with van der Waals surface area (Å²) >= 11 is 0. The summed E-state index contributed by atoms with van der Waals surface area (Å²) in [6, 6.07) is 14.8. The molecule has 28 heavy (non-hydrogen) atoms. The summed E-state index contributed by atoms with van der Waals surface area (Å²) in [5, 5.41) is 3.09. The number of anilines is 1. The molecule has 7 nitrogen and oxygen atoms in total. The molecule has 0 fully saturated rings. The van der Waals surface area contributed by atoms with Gasteiger partial charge in [-0.3, -0.25) is 9.78 Å². The Bertz CT molecular complexity index is 1170. The molecule has 0 aliphatic rings. The van der Waals surface area contributed by atoms with Crippen molar-refractivity contribution in [2.45, 2.75) is 11.8 Å². The van der Waals surface area contributed by atoms with Gasteiger partial charge in [-0.2, -0.15) is 0 Å². The van der Waals surface area contributed by atoms with E-state index in [1.54, 1.807) is 43.3 Å². The van der Waals surface area contributed by atoms with Crippen LogP contribution in [0.3, 0.4) is 0 Å². The molecule has 1 heterocycles. The number of para-hydroxylation sites is 2. The molecule has 1 aromatic heterocycles. The van der Waals surface area contributed by atoms with Crippen LogP contribution in [0.25, 0.3) is 10.9 Å². The fourth-order valence-corrected chi connectivity index (χ4v) is 3.61. The molecule has 0 atom stereocenters. The van der Waals surface area contributed by atoms with Crippen molar-refractivity contribution in [1.29, 1.82) is 0 Å². The van der Waals surface area contributed by atoms with Crippen LogP contribution in [0, 0.1) is 6.92 Å². The first-order valence-corrected chi connectivity index (χ1v) is 10.3. The summed E-state index contributed by atoms with van der Waals surface area (Å²) in [5.41, 5.74) is 1.75. The standard InChI is InChI=1S/C20H18N2O5S/c1-13-11-15(14-7-3-4-8-16(14)21-13)20(24)27-12-19(23)22-17-9-5-6-10-18(17)28(2,25)26/h3-11H,12H2,1-2H3,(H,22,23). The van der Waals surface area contributed by atoms with Gasteiger partial charge in [-0.25, -0.2) is 13.2 Å². The first kappa shape index (κ1) is 19.5. The monoisotopic (exact) mass is 398 g/mol. The smallest absolute Gasteiger partial charge is 0.339 e. The van der Waals surface area contributed by atoms with Crippen LogP contribution in [-0.4, -0.2) is 38.1 Å². The van der Waals surface area contributed by atoms with Crippen LogP contribution < -0.4 is 5.32 Å². The Balaban J connectivity index is 1.74. The van der Waals surface area contributed by atoms with Gasteiger partial charge in [0, 0.05) is 17.3 Å². The largest absolute Gasteiger partial charge is 0.452 e. The van der Waals surface area contributed by atoms with Crippen molar-refractivity contribution < 1.29 is 22.7 Å².